The smallest absolute Gasteiger partial charge is 0.157 e. The molecule has 2 fully saturated rings. The Morgan fingerprint density at radius 2 is 1.50 bits per heavy atom. The highest BCUT2D eigenvalue weighted by Gasteiger charge is 2.39. The summed E-state index contributed by atoms with van der Waals surface area (Å²) in [5, 5.41) is 0. The highest BCUT2D eigenvalue weighted by atomic mass is 16.5. The molecule has 1 aliphatic heterocycles. The summed E-state index contributed by atoms with van der Waals surface area (Å²) in [6.07, 6.45) is 6.75. The zero-order valence-corrected chi connectivity index (χ0v) is 8.95. The number of fused-ring (bicyclic) bond motifs is 2. The molecule has 2 heteroatoms. The lowest BCUT2D eigenvalue weighted by Crippen LogP contribution is -2.00. The highest BCUT2D eigenvalue weighted by molar-refractivity contribution is 5.32. The van der Waals surface area contributed by atoms with Crippen molar-refractivity contribution in [1.82, 2.24) is 0 Å². The fourth-order valence-electron chi connectivity index (χ4n) is 1.83. The van der Waals surface area contributed by atoms with Crippen LogP contribution < -0.4 is 0 Å². The van der Waals surface area contributed by atoms with Crippen molar-refractivity contribution in [2.24, 2.45) is 11.8 Å². The van der Waals surface area contributed by atoms with Gasteiger partial charge in [0.15, 0.2) is 11.5 Å². The summed E-state index contributed by atoms with van der Waals surface area (Å²) in [5.74, 6) is 3.49. The molecule has 1 saturated heterocycles. The van der Waals surface area contributed by atoms with E-state index in [2.05, 4.69) is 12.2 Å². The van der Waals surface area contributed by atoms with Gasteiger partial charge in [0, 0.05) is 6.42 Å². The predicted molar refractivity (Wildman–Crippen MR) is 55.6 cm³/mol. The van der Waals surface area contributed by atoms with Gasteiger partial charge in [-0.25, -0.2) is 0 Å². The standard InChI is InChI=1S/C10H12O2.C2H6/c1-2-11-9-5-7-4-8(7)6-10(9)12-3-1;1-2/h5-8H,1-4H2;1-2H3. The molecule has 0 aromatic carbocycles. The molecule has 0 radical (unpaired) electrons. The summed E-state index contributed by atoms with van der Waals surface area (Å²) in [5.41, 5.74) is 0. The van der Waals surface area contributed by atoms with Gasteiger partial charge in [-0.2, -0.15) is 0 Å². The zero-order valence-electron chi connectivity index (χ0n) is 8.95. The van der Waals surface area contributed by atoms with Crippen molar-refractivity contribution in [2.45, 2.75) is 26.7 Å². The quantitative estimate of drug-likeness (QED) is 0.590. The maximum Gasteiger partial charge on any atom is 0.157 e. The van der Waals surface area contributed by atoms with Gasteiger partial charge in [-0.15, -0.1) is 0 Å². The highest BCUT2D eigenvalue weighted by Crippen LogP contribution is 2.47. The number of hydrogen-bond acceptors (Lipinski definition) is 2. The van der Waals surface area contributed by atoms with Crippen molar-refractivity contribution in [3.05, 3.63) is 23.7 Å². The third-order valence-electron chi connectivity index (χ3n) is 2.67. The molecule has 2 aliphatic carbocycles. The molecule has 2 unspecified atom stereocenters. The fraction of sp³-hybridized carbons (Fsp3) is 0.667. The summed E-state index contributed by atoms with van der Waals surface area (Å²) in [7, 11) is 0. The first kappa shape index (κ1) is 9.63. The Bertz CT molecular complexity index is 239. The van der Waals surface area contributed by atoms with E-state index in [1.165, 1.54) is 6.42 Å². The molecular weight excluding hydrogens is 176 g/mol. The van der Waals surface area contributed by atoms with E-state index in [0.717, 1.165) is 43.0 Å². The molecular formula is C12H18O2. The van der Waals surface area contributed by atoms with E-state index in [0.29, 0.717) is 0 Å². The van der Waals surface area contributed by atoms with Crippen molar-refractivity contribution in [3.8, 4) is 0 Å². The molecule has 14 heavy (non-hydrogen) atoms. The molecule has 0 spiro atoms. The van der Waals surface area contributed by atoms with Crippen LogP contribution in [0.1, 0.15) is 26.7 Å². The van der Waals surface area contributed by atoms with Crippen molar-refractivity contribution < 1.29 is 9.47 Å². The van der Waals surface area contributed by atoms with Gasteiger partial charge in [-0.1, -0.05) is 13.8 Å². The maximum atomic E-state index is 5.57. The molecule has 3 rings (SSSR count). The fourth-order valence-corrected chi connectivity index (χ4v) is 1.83. The average Bonchev–Trinajstić information content (AvgIpc) is 2.99. The van der Waals surface area contributed by atoms with E-state index in [1.54, 1.807) is 0 Å². The molecule has 1 heterocycles. The SMILES string of the molecule is C1=C2OCCCOC2=CC2CC12.CC. The van der Waals surface area contributed by atoms with Crippen LogP contribution in [0.3, 0.4) is 0 Å². The molecule has 1 saturated carbocycles. The summed E-state index contributed by atoms with van der Waals surface area (Å²) in [6, 6.07) is 0. The van der Waals surface area contributed by atoms with E-state index >= 15 is 0 Å². The third-order valence-corrected chi connectivity index (χ3v) is 2.67. The Labute approximate surface area is 85.6 Å². The normalized spacial score (nSPS) is 32.4. The van der Waals surface area contributed by atoms with Crippen molar-refractivity contribution >= 4 is 0 Å². The van der Waals surface area contributed by atoms with Gasteiger partial charge in [0.1, 0.15) is 0 Å². The lowest BCUT2D eigenvalue weighted by atomic mass is 10.1. The minimum Gasteiger partial charge on any atom is -0.490 e. The van der Waals surface area contributed by atoms with Gasteiger partial charge in [0.25, 0.3) is 0 Å². The van der Waals surface area contributed by atoms with Crippen LogP contribution >= 0.6 is 0 Å². The van der Waals surface area contributed by atoms with E-state index in [1.807, 2.05) is 13.8 Å². The maximum absolute atomic E-state index is 5.57. The van der Waals surface area contributed by atoms with Crippen molar-refractivity contribution in [3.63, 3.8) is 0 Å². The largest absolute Gasteiger partial charge is 0.490 e. The van der Waals surface area contributed by atoms with Crippen LogP contribution in [0.2, 0.25) is 0 Å². The third kappa shape index (κ3) is 1.79. The summed E-state index contributed by atoms with van der Waals surface area (Å²) in [4.78, 5) is 0. The zero-order chi connectivity index (χ0) is 9.97. The summed E-state index contributed by atoms with van der Waals surface area (Å²) < 4.78 is 11.1. The van der Waals surface area contributed by atoms with E-state index < -0.39 is 0 Å². The molecule has 0 amide bonds. The van der Waals surface area contributed by atoms with Crippen LogP contribution in [-0.4, -0.2) is 13.2 Å². The lowest BCUT2D eigenvalue weighted by molar-refractivity contribution is 0.215. The first-order valence-electron chi connectivity index (χ1n) is 5.63. The number of rotatable bonds is 0. The van der Waals surface area contributed by atoms with Gasteiger partial charge in [0.05, 0.1) is 13.2 Å². The minimum atomic E-state index is 0.755. The van der Waals surface area contributed by atoms with Crippen LogP contribution in [0, 0.1) is 11.8 Å². The van der Waals surface area contributed by atoms with Gasteiger partial charge in [0.2, 0.25) is 0 Å². The predicted octanol–water partition coefficient (Wildman–Crippen LogP) is 2.87. The lowest BCUT2D eigenvalue weighted by Gasteiger charge is -2.12. The second-order valence-corrected chi connectivity index (χ2v) is 3.68. The Balaban J connectivity index is 0.000000354. The molecule has 0 aromatic rings. The van der Waals surface area contributed by atoms with Crippen LogP contribution in [0.5, 0.6) is 0 Å². The van der Waals surface area contributed by atoms with Crippen LogP contribution in [0.25, 0.3) is 0 Å². The van der Waals surface area contributed by atoms with E-state index in [4.69, 9.17) is 9.47 Å². The second kappa shape index (κ2) is 4.07. The summed E-state index contributed by atoms with van der Waals surface area (Å²) >= 11 is 0. The number of ether oxygens (including phenoxy) is 2. The average molecular weight is 194 g/mol. The molecule has 0 bridgehead atoms. The van der Waals surface area contributed by atoms with E-state index in [-0.39, 0.29) is 0 Å². The first-order valence-corrected chi connectivity index (χ1v) is 5.63. The Hall–Kier alpha value is -0.920. The van der Waals surface area contributed by atoms with Crippen LogP contribution in [-0.2, 0) is 9.47 Å². The van der Waals surface area contributed by atoms with Crippen molar-refractivity contribution in [2.75, 3.05) is 13.2 Å². The molecule has 3 aliphatic rings. The van der Waals surface area contributed by atoms with Gasteiger partial charge in [-0.3, -0.25) is 0 Å². The van der Waals surface area contributed by atoms with Gasteiger partial charge < -0.3 is 9.47 Å². The second-order valence-electron chi connectivity index (χ2n) is 3.68. The monoisotopic (exact) mass is 194 g/mol. The molecule has 0 N–H and O–H groups in total. The molecule has 2 atom stereocenters. The van der Waals surface area contributed by atoms with E-state index in [9.17, 15) is 0 Å². The van der Waals surface area contributed by atoms with Crippen molar-refractivity contribution in [1.29, 1.82) is 0 Å². The molecule has 0 aromatic heterocycles. The van der Waals surface area contributed by atoms with Gasteiger partial charge >= 0.3 is 0 Å². The summed E-state index contributed by atoms with van der Waals surface area (Å²) in [6.45, 7) is 5.61. The Kier molecular flexibility index (Phi) is 2.80. The van der Waals surface area contributed by atoms with Crippen LogP contribution in [0.15, 0.2) is 23.7 Å². The first-order chi connectivity index (χ1) is 6.93. The van der Waals surface area contributed by atoms with Gasteiger partial charge in [-0.05, 0) is 30.4 Å². The number of hydrogen-bond donors (Lipinski definition) is 0. The topological polar surface area (TPSA) is 18.5 Å². The number of allylic oxidation sites excluding steroid dienone is 2. The minimum absolute atomic E-state index is 0.755. The molecule has 2 nitrogen and oxygen atoms in total. The van der Waals surface area contributed by atoms with Crippen LogP contribution in [0.4, 0.5) is 0 Å². The Morgan fingerprint density at radius 3 is 2.00 bits per heavy atom. The Morgan fingerprint density at radius 1 is 1.00 bits per heavy atom. The molecule has 78 valence electrons.